The van der Waals surface area contributed by atoms with Gasteiger partial charge in [-0.2, -0.15) is 0 Å². The van der Waals surface area contributed by atoms with E-state index in [2.05, 4.69) is 17.1 Å². The van der Waals surface area contributed by atoms with E-state index < -0.39 is 12.0 Å². The second-order valence-electron chi connectivity index (χ2n) is 6.28. The Labute approximate surface area is 126 Å². The van der Waals surface area contributed by atoms with Crippen molar-refractivity contribution in [2.24, 2.45) is 5.92 Å². The molecule has 120 valence electrons. The molecular weight excluding hydrogens is 270 g/mol. The number of carbonyl (C=O) groups excluding carboxylic acids is 1. The number of nitrogens with zero attached hydrogens (tertiary/aromatic N) is 2. The van der Waals surface area contributed by atoms with E-state index in [0.29, 0.717) is 6.54 Å². The number of hydrogen-bond donors (Lipinski definition) is 2. The van der Waals surface area contributed by atoms with Gasteiger partial charge in [-0.1, -0.05) is 13.8 Å². The van der Waals surface area contributed by atoms with Gasteiger partial charge in [0.1, 0.15) is 6.04 Å². The lowest BCUT2D eigenvalue weighted by Gasteiger charge is -2.39. The summed E-state index contributed by atoms with van der Waals surface area (Å²) in [5.74, 6) is -0.878. The molecule has 0 bridgehead atoms. The first-order valence-corrected chi connectivity index (χ1v) is 8.05. The Kier molecular flexibility index (Phi) is 5.45. The van der Waals surface area contributed by atoms with Crippen LogP contribution in [0.1, 0.15) is 39.5 Å². The van der Waals surface area contributed by atoms with Crippen LogP contribution in [0.25, 0.3) is 0 Å². The lowest BCUT2D eigenvalue weighted by molar-refractivity contribution is -0.145. The summed E-state index contributed by atoms with van der Waals surface area (Å²) in [6, 6.07) is -0.764. The lowest BCUT2D eigenvalue weighted by Crippen LogP contribution is -2.58. The fraction of sp³-hybridized carbons (Fsp3) is 0.867. The molecule has 0 saturated carbocycles. The van der Waals surface area contributed by atoms with Crippen molar-refractivity contribution in [3.8, 4) is 0 Å². The van der Waals surface area contributed by atoms with Gasteiger partial charge < -0.3 is 20.2 Å². The number of rotatable bonds is 3. The maximum Gasteiger partial charge on any atom is 0.326 e. The zero-order valence-corrected chi connectivity index (χ0v) is 13.0. The van der Waals surface area contributed by atoms with Crippen molar-refractivity contribution in [3.05, 3.63) is 0 Å². The molecule has 2 amide bonds. The molecule has 2 aliphatic rings. The van der Waals surface area contributed by atoms with Crippen LogP contribution in [-0.2, 0) is 4.79 Å². The largest absolute Gasteiger partial charge is 0.480 e. The van der Waals surface area contributed by atoms with Gasteiger partial charge in [0, 0.05) is 19.1 Å². The predicted molar refractivity (Wildman–Crippen MR) is 80.2 cm³/mol. The van der Waals surface area contributed by atoms with E-state index in [1.54, 1.807) is 0 Å². The topological polar surface area (TPSA) is 72.9 Å². The minimum atomic E-state index is -0.892. The van der Waals surface area contributed by atoms with Crippen LogP contribution >= 0.6 is 0 Å². The molecule has 3 unspecified atom stereocenters. The van der Waals surface area contributed by atoms with Gasteiger partial charge in [-0.05, 0) is 44.7 Å². The van der Waals surface area contributed by atoms with Crippen molar-refractivity contribution in [2.45, 2.75) is 51.6 Å². The number of likely N-dealkylation sites (tertiary alicyclic amines) is 2. The Morgan fingerprint density at radius 3 is 2.62 bits per heavy atom. The Morgan fingerprint density at radius 1 is 1.24 bits per heavy atom. The SMILES string of the molecule is CCN1CCCC(NC(=O)N2CCCC(C)C2C(=O)O)C1. The number of carboxylic acids is 1. The predicted octanol–water partition coefficient (Wildman–Crippen LogP) is 1.37. The van der Waals surface area contributed by atoms with Gasteiger partial charge in [0.05, 0.1) is 0 Å². The van der Waals surface area contributed by atoms with Crippen molar-refractivity contribution >= 4 is 12.0 Å². The van der Waals surface area contributed by atoms with Crippen LogP contribution in [0, 0.1) is 5.92 Å². The van der Waals surface area contributed by atoms with E-state index in [-0.39, 0.29) is 18.0 Å². The van der Waals surface area contributed by atoms with Crippen LogP contribution in [0.3, 0.4) is 0 Å². The number of aliphatic carboxylic acids is 1. The average molecular weight is 297 g/mol. The van der Waals surface area contributed by atoms with Crippen LogP contribution in [-0.4, -0.2) is 65.2 Å². The zero-order chi connectivity index (χ0) is 15.4. The molecular formula is C15H27N3O3. The third-order valence-electron chi connectivity index (χ3n) is 4.73. The molecule has 0 spiro atoms. The molecule has 0 aliphatic carbocycles. The minimum Gasteiger partial charge on any atom is -0.480 e. The summed E-state index contributed by atoms with van der Waals surface area (Å²) in [4.78, 5) is 27.7. The van der Waals surface area contributed by atoms with Crippen LogP contribution in [0.4, 0.5) is 4.79 Å². The number of likely N-dealkylation sites (N-methyl/N-ethyl adjacent to an activating group) is 1. The number of urea groups is 1. The summed E-state index contributed by atoms with van der Waals surface area (Å²) in [5, 5.41) is 12.4. The summed E-state index contributed by atoms with van der Waals surface area (Å²) in [6.07, 6.45) is 3.80. The summed E-state index contributed by atoms with van der Waals surface area (Å²) in [6.45, 7) is 7.52. The van der Waals surface area contributed by atoms with E-state index in [1.165, 1.54) is 4.90 Å². The average Bonchev–Trinajstić information content (AvgIpc) is 2.46. The lowest BCUT2D eigenvalue weighted by atomic mass is 9.91. The van der Waals surface area contributed by atoms with Crippen LogP contribution in [0.2, 0.25) is 0 Å². The smallest absolute Gasteiger partial charge is 0.326 e. The normalized spacial score (nSPS) is 31.0. The van der Waals surface area contributed by atoms with Gasteiger partial charge in [0.25, 0.3) is 0 Å². The maximum absolute atomic E-state index is 12.5. The molecule has 3 atom stereocenters. The van der Waals surface area contributed by atoms with Gasteiger partial charge in [0.15, 0.2) is 0 Å². The number of nitrogens with one attached hydrogen (secondary N) is 1. The highest BCUT2D eigenvalue weighted by molar-refractivity contribution is 5.83. The molecule has 2 saturated heterocycles. The molecule has 0 aromatic carbocycles. The standard InChI is InChI=1S/C15H27N3O3/c1-3-17-8-5-7-12(10-17)16-15(21)18-9-4-6-11(2)13(18)14(19)20/h11-13H,3-10H2,1-2H3,(H,16,21)(H,19,20). The molecule has 2 heterocycles. The second-order valence-corrected chi connectivity index (χ2v) is 6.28. The summed E-state index contributed by atoms with van der Waals surface area (Å²) >= 11 is 0. The molecule has 0 radical (unpaired) electrons. The number of amides is 2. The fourth-order valence-corrected chi connectivity index (χ4v) is 3.51. The van der Waals surface area contributed by atoms with Gasteiger partial charge in [-0.3, -0.25) is 0 Å². The number of piperidine rings is 2. The molecule has 21 heavy (non-hydrogen) atoms. The van der Waals surface area contributed by atoms with Crippen molar-refractivity contribution in [1.82, 2.24) is 15.1 Å². The Balaban J connectivity index is 1.96. The van der Waals surface area contributed by atoms with Crippen molar-refractivity contribution < 1.29 is 14.7 Å². The number of hydrogen-bond acceptors (Lipinski definition) is 3. The first-order chi connectivity index (χ1) is 10.0. The van der Waals surface area contributed by atoms with Crippen LogP contribution in [0.15, 0.2) is 0 Å². The zero-order valence-electron chi connectivity index (χ0n) is 13.0. The highest BCUT2D eigenvalue weighted by Gasteiger charge is 2.37. The highest BCUT2D eigenvalue weighted by Crippen LogP contribution is 2.24. The molecule has 6 nitrogen and oxygen atoms in total. The summed E-state index contributed by atoms with van der Waals surface area (Å²) in [5.41, 5.74) is 0. The van der Waals surface area contributed by atoms with Crippen LogP contribution < -0.4 is 5.32 Å². The molecule has 2 aliphatic heterocycles. The molecule has 0 aromatic rings. The van der Waals surface area contributed by atoms with Gasteiger partial charge in [0.2, 0.25) is 0 Å². The van der Waals surface area contributed by atoms with Crippen LogP contribution in [0.5, 0.6) is 0 Å². The molecule has 0 aromatic heterocycles. The summed E-state index contributed by atoms with van der Waals surface area (Å²) < 4.78 is 0. The fourth-order valence-electron chi connectivity index (χ4n) is 3.51. The minimum absolute atomic E-state index is 0.0143. The monoisotopic (exact) mass is 297 g/mol. The Bertz CT molecular complexity index is 388. The van der Waals surface area contributed by atoms with Gasteiger partial charge in [-0.15, -0.1) is 0 Å². The van der Waals surface area contributed by atoms with Gasteiger partial charge >= 0.3 is 12.0 Å². The summed E-state index contributed by atoms with van der Waals surface area (Å²) in [7, 11) is 0. The molecule has 2 rings (SSSR count). The quantitative estimate of drug-likeness (QED) is 0.825. The molecule has 6 heteroatoms. The number of carbonyl (C=O) groups is 2. The van der Waals surface area contributed by atoms with Gasteiger partial charge in [-0.25, -0.2) is 9.59 Å². The van der Waals surface area contributed by atoms with E-state index in [4.69, 9.17) is 0 Å². The maximum atomic E-state index is 12.5. The van der Waals surface area contributed by atoms with Crippen molar-refractivity contribution in [2.75, 3.05) is 26.2 Å². The Hall–Kier alpha value is -1.30. The molecule has 2 N–H and O–H groups in total. The second kappa shape index (κ2) is 7.11. The third kappa shape index (κ3) is 3.87. The first-order valence-electron chi connectivity index (χ1n) is 8.05. The van der Waals surface area contributed by atoms with Crippen molar-refractivity contribution in [1.29, 1.82) is 0 Å². The molecule has 2 fully saturated rings. The van der Waals surface area contributed by atoms with Crippen molar-refractivity contribution in [3.63, 3.8) is 0 Å². The third-order valence-corrected chi connectivity index (χ3v) is 4.73. The van der Waals surface area contributed by atoms with E-state index >= 15 is 0 Å². The van der Waals surface area contributed by atoms with E-state index in [1.807, 2.05) is 6.92 Å². The van der Waals surface area contributed by atoms with E-state index in [0.717, 1.165) is 45.3 Å². The highest BCUT2D eigenvalue weighted by atomic mass is 16.4. The number of carboxylic acid groups (broad SMARTS) is 1. The Morgan fingerprint density at radius 2 is 1.95 bits per heavy atom. The van der Waals surface area contributed by atoms with E-state index in [9.17, 15) is 14.7 Å². The first kappa shape index (κ1) is 16.1.